The summed E-state index contributed by atoms with van der Waals surface area (Å²) in [5.74, 6) is 0. The third-order valence-electron chi connectivity index (χ3n) is 3.06. The van der Waals surface area contributed by atoms with E-state index in [1.54, 1.807) is 0 Å². The van der Waals surface area contributed by atoms with Gasteiger partial charge in [0, 0.05) is 6.54 Å². The summed E-state index contributed by atoms with van der Waals surface area (Å²) < 4.78 is 0. The first kappa shape index (κ1) is 15.8. The zero-order chi connectivity index (χ0) is 13.5. The highest BCUT2D eigenvalue weighted by atomic mass is 31.1. The Morgan fingerprint density at radius 1 is 1.33 bits per heavy atom. The first-order chi connectivity index (χ1) is 8.52. The molecule has 0 amide bonds. The molecule has 0 spiro atoms. The minimum absolute atomic E-state index is 0.139. The molecule has 0 unspecified atom stereocenters. The lowest BCUT2D eigenvalue weighted by Gasteiger charge is -2.27. The lowest BCUT2D eigenvalue weighted by molar-refractivity contribution is 0.896. The van der Waals surface area contributed by atoms with Crippen LogP contribution in [0.25, 0.3) is 0 Å². The van der Waals surface area contributed by atoms with Crippen LogP contribution in [0.15, 0.2) is 35.3 Å². The highest BCUT2D eigenvalue weighted by molar-refractivity contribution is 7.59. The van der Waals surface area contributed by atoms with Gasteiger partial charge in [-0.25, -0.2) is 0 Å². The van der Waals surface area contributed by atoms with Crippen LogP contribution in [0.1, 0.15) is 27.7 Å². The Bertz CT molecular complexity index is 332. The van der Waals surface area contributed by atoms with E-state index in [1.807, 2.05) is 6.08 Å². The lowest BCUT2D eigenvalue weighted by atomic mass is 10.1. The molecule has 1 aliphatic rings. The van der Waals surface area contributed by atoms with Crippen molar-refractivity contribution in [3.05, 3.63) is 41.7 Å². The fourth-order valence-corrected chi connectivity index (χ4v) is 4.98. The van der Waals surface area contributed by atoms with Crippen molar-refractivity contribution in [2.24, 2.45) is 0 Å². The molecule has 0 bridgehead atoms. The Balaban J connectivity index is 2.36. The predicted molar refractivity (Wildman–Crippen MR) is 88.0 cm³/mol. The van der Waals surface area contributed by atoms with Crippen LogP contribution in [0.4, 0.5) is 0 Å². The van der Waals surface area contributed by atoms with Crippen molar-refractivity contribution in [3.63, 3.8) is 0 Å². The number of rotatable bonds is 6. The molecular weight excluding hydrogens is 256 g/mol. The van der Waals surface area contributed by atoms with Crippen LogP contribution in [0, 0.1) is 6.42 Å². The molecule has 1 N–H and O–H groups in total. The van der Waals surface area contributed by atoms with E-state index in [-0.39, 0.29) is 7.92 Å². The van der Waals surface area contributed by atoms with Gasteiger partial charge in [0.2, 0.25) is 0 Å². The van der Waals surface area contributed by atoms with Gasteiger partial charge < -0.3 is 14.6 Å². The molecule has 0 saturated heterocycles. The van der Waals surface area contributed by atoms with Crippen LogP contribution in [-0.4, -0.2) is 24.0 Å². The van der Waals surface area contributed by atoms with Gasteiger partial charge in [-0.2, -0.15) is 11.6 Å². The molecule has 0 saturated carbocycles. The second kappa shape index (κ2) is 8.03. The first-order valence-electron chi connectivity index (χ1n) is 6.65. The molecule has 0 aromatic carbocycles. The molecular formula is C15H25NP2-2. The largest absolute Gasteiger partial charge is 0.582 e. The molecule has 0 atom stereocenters. The normalized spacial score (nSPS) is 17.6. The number of allylic oxidation sites excluding steroid dienone is 5. The van der Waals surface area contributed by atoms with Gasteiger partial charge >= 0.3 is 0 Å². The number of hydrogen-bond acceptors (Lipinski definition) is 1. The highest BCUT2D eigenvalue weighted by Crippen LogP contribution is 2.45. The summed E-state index contributed by atoms with van der Waals surface area (Å²) in [5, 5.41) is 4.58. The van der Waals surface area contributed by atoms with Gasteiger partial charge in [0.25, 0.3) is 0 Å². The van der Waals surface area contributed by atoms with E-state index in [2.05, 4.69) is 67.0 Å². The summed E-state index contributed by atoms with van der Waals surface area (Å²) in [4.78, 5) is 0. The van der Waals surface area contributed by atoms with Gasteiger partial charge in [-0.05, 0) is 17.5 Å². The van der Waals surface area contributed by atoms with Crippen LogP contribution in [0.5, 0.6) is 0 Å². The third kappa shape index (κ3) is 5.17. The Labute approximate surface area is 116 Å². The monoisotopic (exact) mass is 281 g/mol. The Morgan fingerprint density at radius 3 is 2.56 bits per heavy atom. The van der Waals surface area contributed by atoms with E-state index < -0.39 is 0 Å². The van der Waals surface area contributed by atoms with E-state index in [0.717, 1.165) is 23.2 Å². The topological polar surface area (TPSA) is 12.0 Å². The maximum absolute atomic E-state index is 3.61. The summed E-state index contributed by atoms with van der Waals surface area (Å²) in [5.41, 5.74) is 2.86. The van der Waals surface area contributed by atoms with Crippen molar-refractivity contribution in [2.45, 2.75) is 39.0 Å². The average molecular weight is 281 g/mol. The fraction of sp³-hybridized carbons (Fsp3) is 0.533. The molecule has 1 nitrogen and oxygen atoms in total. The maximum Gasteiger partial charge on any atom is 0.00945 e. The number of hydrogen-bond donors (Lipinski definition) is 1. The molecule has 0 aromatic rings. The summed E-state index contributed by atoms with van der Waals surface area (Å²) in [6, 6.07) is 0. The molecule has 0 heterocycles. The van der Waals surface area contributed by atoms with Gasteiger partial charge in [0.15, 0.2) is 0 Å². The third-order valence-corrected chi connectivity index (χ3v) is 6.91. The molecule has 102 valence electrons. The van der Waals surface area contributed by atoms with Crippen LogP contribution in [-0.2, 0) is 0 Å². The Hall–Kier alpha value is -0.250. The van der Waals surface area contributed by atoms with E-state index in [0.29, 0.717) is 0 Å². The highest BCUT2D eigenvalue weighted by Gasteiger charge is 2.15. The molecule has 18 heavy (non-hydrogen) atoms. The molecule has 0 radical (unpaired) electrons. The lowest BCUT2D eigenvalue weighted by Crippen LogP contribution is -2.17. The van der Waals surface area contributed by atoms with Crippen LogP contribution in [0.3, 0.4) is 0 Å². The summed E-state index contributed by atoms with van der Waals surface area (Å²) in [7, 11) is 3.75. The summed E-state index contributed by atoms with van der Waals surface area (Å²) in [6.45, 7) is 10.5. The SMILES string of the molecule is CC(C)P(CCNC=C1[CH-]C=CC=C1[PH-])C(C)C. The molecule has 1 aliphatic carbocycles. The molecule has 0 aromatic heterocycles. The minimum atomic E-state index is 0.139. The zero-order valence-electron chi connectivity index (χ0n) is 11.9. The van der Waals surface area contributed by atoms with Crippen LogP contribution in [0.2, 0.25) is 0 Å². The molecule has 3 heteroatoms. The molecule has 0 aliphatic heterocycles. The fourth-order valence-electron chi connectivity index (χ4n) is 2.11. The van der Waals surface area contributed by atoms with Crippen LogP contribution >= 0.6 is 17.2 Å². The van der Waals surface area contributed by atoms with E-state index >= 15 is 0 Å². The van der Waals surface area contributed by atoms with E-state index in [4.69, 9.17) is 0 Å². The van der Waals surface area contributed by atoms with E-state index in [1.165, 1.54) is 11.7 Å². The standard InChI is InChI=1S/C15H25NP2/c1-12(2)18(13(3)4)10-9-16-11-14-7-5-6-8-15(14)17/h5-8,11-13,16-17H,9-10H2,1-4H3/q-2. The Kier molecular flexibility index (Phi) is 7.05. The van der Waals surface area contributed by atoms with E-state index in [9.17, 15) is 0 Å². The van der Waals surface area contributed by atoms with Gasteiger partial charge in [0.1, 0.15) is 0 Å². The summed E-state index contributed by atoms with van der Waals surface area (Å²) in [6.07, 6.45) is 11.7. The first-order valence-corrected chi connectivity index (χ1v) is 8.82. The predicted octanol–water partition coefficient (Wildman–Crippen LogP) is 4.56. The average Bonchev–Trinajstić information content (AvgIpc) is 2.30. The number of nitrogens with one attached hydrogen (secondary N) is 1. The van der Waals surface area contributed by atoms with Gasteiger partial charge in [-0.15, -0.1) is 18.6 Å². The Morgan fingerprint density at radius 2 is 2.00 bits per heavy atom. The van der Waals surface area contributed by atoms with Crippen molar-refractivity contribution < 1.29 is 0 Å². The van der Waals surface area contributed by atoms with Gasteiger partial charge in [-0.3, -0.25) is 5.31 Å². The van der Waals surface area contributed by atoms with Gasteiger partial charge in [0.05, 0.1) is 0 Å². The second-order valence-electron chi connectivity index (χ2n) is 5.11. The van der Waals surface area contributed by atoms with Crippen molar-refractivity contribution >= 4 is 17.2 Å². The smallest absolute Gasteiger partial charge is 0.00945 e. The van der Waals surface area contributed by atoms with Crippen molar-refractivity contribution in [1.29, 1.82) is 0 Å². The molecule has 1 rings (SSSR count). The quantitative estimate of drug-likeness (QED) is 0.427. The van der Waals surface area contributed by atoms with Crippen molar-refractivity contribution in [1.82, 2.24) is 5.32 Å². The second-order valence-corrected chi connectivity index (χ2v) is 9.19. The minimum Gasteiger partial charge on any atom is -0.582 e. The maximum atomic E-state index is 3.61. The van der Waals surface area contributed by atoms with Gasteiger partial charge in [-0.1, -0.05) is 41.8 Å². The van der Waals surface area contributed by atoms with Crippen LogP contribution < -0.4 is 5.32 Å². The molecule has 0 fully saturated rings. The van der Waals surface area contributed by atoms with Crippen molar-refractivity contribution in [2.75, 3.05) is 12.7 Å². The zero-order valence-corrected chi connectivity index (χ0v) is 13.8. The summed E-state index contributed by atoms with van der Waals surface area (Å²) >= 11 is 0. The van der Waals surface area contributed by atoms with Crippen molar-refractivity contribution in [3.8, 4) is 0 Å².